The van der Waals surface area contributed by atoms with Gasteiger partial charge in [0.05, 0.1) is 19.4 Å². The van der Waals surface area contributed by atoms with Crippen molar-refractivity contribution in [1.29, 1.82) is 0 Å². The average molecular weight is 878 g/mol. The zero-order valence-corrected chi connectivity index (χ0v) is 36.0. The molecule has 1 aromatic heterocycles. The van der Waals surface area contributed by atoms with Crippen LogP contribution in [0.1, 0.15) is 102 Å². The second kappa shape index (κ2) is 16.1. The molecule has 1 aliphatic carbocycles. The van der Waals surface area contributed by atoms with Crippen molar-refractivity contribution >= 4 is 47.2 Å². The second-order valence-corrected chi connectivity index (χ2v) is 20.7. The Labute approximate surface area is 321 Å². The summed E-state index contributed by atoms with van der Waals surface area (Å²) in [5.74, 6) is 0.926. The number of pyridine rings is 1. The van der Waals surface area contributed by atoms with Crippen molar-refractivity contribution in [1.82, 2.24) is 4.98 Å². The Morgan fingerprint density at radius 2 is 1.55 bits per heavy atom. The van der Waals surface area contributed by atoms with E-state index in [0.29, 0.717) is 5.92 Å². The van der Waals surface area contributed by atoms with Crippen molar-refractivity contribution in [2.75, 3.05) is 11.9 Å². The van der Waals surface area contributed by atoms with Crippen LogP contribution in [0.5, 0.6) is 0 Å². The van der Waals surface area contributed by atoms with Gasteiger partial charge in [-0.15, -0.1) is 17.5 Å². The SMILES string of the molecule is CC(C)c1c2c([c-]c3ccccc13)-c1nccc3c1C(C)(C(c1ccc([Si](C)(C)C)cc1)=C3)N2C.CCC(CC)C(=O)/C=C(\O)C(CC)CC.[Ir]. The van der Waals surface area contributed by atoms with Gasteiger partial charge in [0.2, 0.25) is 0 Å². The first-order chi connectivity index (χ1) is 23.7. The van der Waals surface area contributed by atoms with Crippen molar-refractivity contribution in [3.8, 4) is 11.3 Å². The molecule has 0 fully saturated rings. The number of rotatable bonds is 10. The van der Waals surface area contributed by atoms with Crippen LogP contribution in [0.25, 0.3) is 33.7 Å². The normalized spacial score (nSPS) is 16.5. The van der Waals surface area contributed by atoms with Crippen LogP contribution in [-0.2, 0) is 30.4 Å². The monoisotopic (exact) mass is 878 g/mol. The van der Waals surface area contributed by atoms with E-state index < -0.39 is 8.07 Å². The third-order valence-electron chi connectivity index (χ3n) is 11.2. The van der Waals surface area contributed by atoms with E-state index in [0.717, 1.165) is 36.9 Å². The van der Waals surface area contributed by atoms with Crippen LogP contribution in [0.4, 0.5) is 5.69 Å². The zero-order valence-electron chi connectivity index (χ0n) is 32.6. The number of carbonyl (C=O) groups excluding carboxylic acids is 1. The topological polar surface area (TPSA) is 53.4 Å². The fourth-order valence-electron chi connectivity index (χ4n) is 7.98. The molecule has 4 aromatic rings. The van der Waals surface area contributed by atoms with Gasteiger partial charge in [-0.05, 0) is 85.7 Å². The third-order valence-corrected chi connectivity index (χ3v) is 13.3. The molecule has 0 bridgehead atoms. The minimum Gasteiger partial charge on any atom is -0.512 e. The maximum atomic E-state index is 11.7. The fourth-order valence-corrected chi connectivity index (χ4v) is 9.15. The standard InChI is InChI=1S/C32H33N2Si.C13H24O2.Ir/c1-20(2)28-25-11-9-8-10-22(25)18-26-30-29-23(16-17-33-30)19-27(32(29,3)34(4)31(26)28)21-12-14-24(15-13-21)35(5,6)7;1-5-10(6-2)12(14)9-13(15)11(7-3)8-4;/h8-17,19-20H,1-7H3;9-11,14H,5-8H2,1-4H3;/q-1;;/b;12-9-;. The molecule has 0 amide bonds. The van der Waals surface area contributed by atoms with Crippen LogP contribution >= 0.6 is 0 Å². The van der Waals surface area contributed by atoms with Gasteiger partial charge in [-0.2, -0.15) is 0 Å². The quantitative estimate of drug-likeness (QED) is 0.0746. The van der Waals surface area contributed by atoms with Crippen molar-refractivity contribution in [3.63, 3.8) is 0 Å². The number of anilines is 1. The smallest absolute Gasteiger partial charge is 0.162 e. The number of allylic oxidation sites excluding steroid dienone is 2. The predicted molar refractivity (Wildman–Crippen MR) is 217 cm³/mol. The molecule has 1 N–H and O–H groups in total. The molecule has 6 heteroatoms. The molecular formula is C45H57IrN2O2Si-. The van der Waals surface area contributed by atoms with Crippen molar-refractivity contribution < 1.29 is 30.0 Å². The van der Waals surface area contributed by atoms with Gasteiger partial charge in [0, 0.05) is 49.9 Å². The number of benzene rings is 3. The Hall–Kier alpha value is -3.31. The van der Waals surface area contributed by atoms with Crippen LogP contribution in [-0.4, -0.2) is 31.0 Å². The second-order valence-electron chi connectivity index (χ2n) is 15.6. The van der Waals surface area contributed by atoms with Gasteiger partial charge in [0.15, 0.2) is 5.78 Å². The molecule has 6 rings (SSSR count). The van der Waals surface area contributed by atoms with E-state index in [1.54, 1.807) is 0 Å². The van der Waals surface area contributed by atoms with Gasteiger partial charge in [-0.3, -0.25) is 9.78 Å². The van der Waals surface area contributed by atoms with Crippen molar-refractivity contribution in [2.45, 2.75) is 105 Å². The fraction of sp³-hybridized carbons (Fsp3) is 0.422. The first-order valence-corrected chi connectivity index (χ1v) is 22.2. The molecule has 1 radical (unpaired) electrons. The number of likely N-dealkylation sites (N-methyl/N-ethyl adjacent to an activating group) is 1. The van der Waals surface area contributed by atoms with Gasteiger partial charge >= 0.3 is 0 Å². The van der Waals surface area contributed by atoms with E-state index in [1.807, 2.05) is 33.9 Å². The predicted octanol–water partition coefficient (Wildman–Crippen LogP) is 11.5. The number of aliphatic hydroxyl groups is 1. The van der Waals surface area contributed by atoms with E-state index in [2.05, 4.69) is 119 Å². The number of hydrogen-bond acceptors (Lipinski definition) is 4. The Bertz CT molecular complexity index is 1930. The van der Waals surface area contributed by atoms with Crippen LogP contribution in [0, 0.1) is 17.9 Å². The van der Waals surface area contributed by atoms with Crippen LogP contribution in [0.3, 0.4) is 0 Å². The number of aromatic nitrogens is 1. The van der Waals surface area contributed by atoms with Gasteiger partial charge in [-0.25, -0.2) is 0 Å². The molecule has 1 aliphatic heterocycles. The van der Waals surface area contributed by atoms with E-state index in [1.165, 1.54) is 55.5 Å². The summed E-state index contributed by atoms with van der Waals surface area (Å²) in [6.45, 7) is 22.3. The minimum atomic E-state index is -1.35. The van der Waals surface area contributed by atoms with Crippen LogP contribution < -0.4 is 10.1 Å². The van der Waals surface area contributed by atoms with Gasteiger partial charge in [-0.1, -0.05) is 125 Å². The van der Waals surface area contributed by atoms with Crippen molar-refractivity contribution in [3.05, 3.63) is 101 Å². The summed E-state index contributed by atoms with van der Waals surface area (Å²) in [5, 5.41) is 13.7. The van der Waals surface area contributed by atoms with Crippen LogP contribution in [0.2, 0.25) is 19.6 Å². The molecule has 273 valence electrons. The number of carbonyl (C=O) groups is 1. The summed E-state index contributed by atoms with van der Waals surface area (Å²) in [4.78, 5) is 19.2. The number of fused-ring (bicyclic) bond motifs is 3. The molecule has 1 atom stereocenters. The number of hydrogen-bond donors (Lipinski definition) is 1. The Balaban J connectivity index is 0.000000312. The molecular weight excluding hydrogens is 821 g/mol. The molecule has 0 saturated carbocycles. The minimum absolute atomic E-state index is 0. The first kappa shape index (κ1) is 40.5. The Morgan fingerprint density at radius 3 is 2.12 bits per heavy atom. The van der Waals surface area contributed by atoms with E-state index in [-0.39, 0.29) is 49.0 Å². The molecule has 3 aromatic carbocycles. The zero-order chi connectivity index (χ0) is 36.5. The summed E-state index contributed by atoms with van der Waals surface area (Å²) in [6.07, 6.45) is 9.26. The molecule has 2 aliphatic rings. The molecule has 0 spiro atoms. The first-order valence-electron chi connectivity index (χ1n) is 18.7. The number of nitrogens with zero attached hydrogens (tertiary/aromatic N) is 2. The van der Waals surface area contributed by atoms with Gasteiger partial charge in [0.1, 0.15) is 0 Å². The molecule has 51 heavy (non-hydrogen) atoms. The van der Waals surface area contributed by atoms with Gasteiger partial charge < -0.3 is 10.0 Å². The van der Waals surface area contributed by atoms with Gasteiger partial charge in [0.25, 0.3) is 0 Å². The van der Waals surface area contributed by atoms with E-state index in [4.69, 9.17) is 4.98 Å². The molecule has 2 heterocycles. The third kappa shape index (κ3) is 7.47. The number of ketones is 1. The molecule has 4 nitrogen and oxygen atoms in total. The maximum Gasteiger partial charge on any atom is 0.162 e. The van der Waals surface area contributed by atoms with Crippen molar-refractivity contribution in [2.24, 2.45) is 11.8 Å². The summed E-state index contributed by atoms with van der Waals surface area (Å²) in [7, 11) is 0.914. The van der Waals surface area contributed by atoms with E-state index in [9.17, 15) is 9.90 Å². The summed E-state index contributed by atoms with van der Waals surface area (Å²) in [5.41, 5.74) is 9.78. The Kier molecular flexibility index (Phi) is 12.8. The number of aliphatic hydroxyl groups excluding tert-OH is 1. The molecule has 1 unspecified atom stereocenters. The van der Waals surface area contributed by atoms with Crippen LogP contribution in [0.15, 0.2) is 72.6 Å². The largest absolute Gasteiger partial charge is 0.512 e. The maximum absolute atomic E-state index is 11.7. The molecule has 0 saturated heterocycles. The van der Waals surface area contributed by atoms with E-state index >= 15 is 0 Å². The Morgan fingerprint density at radius 1 is 0.941 bits per heavy atom. The summed E-state index contributed by atoms with van der Waals surface area (Å²) >= 11 is 0. The average Bonchev–Trinajstić information content (AvgIpc) is 3.41. The summed E-state index contributed by atoms with van der Waals surface area (Å²) in [6, 6.07) is 24.0. The summed E-state index contributed by atoms with van der Waals surface area (Å²) < 4.78 is 0.